The van der Waals surface area contributed by atoms with Crippen LogP contribution in [0.2, 0.25) is 0 Å². The Kier molecular flexibility index (Phi) is 6.20. The fourth-order valence-corrected chi connectivity index (χ4v) is 5.31. The van der Waals surface area contributed by atoms with Gasteiger partial charge in [-0.15, -0.1) is 0 Å². The van der Waals surface area contributed by atoms with Gasteiger partial charge in [-0.25, -0.2) is 8.42 Å². The highest BCUT2D eigenvalue weighted by Crippen LogP contribution is 2.27. The van der Waals surface area contributed by atoms with E-state index in [0.29, 0.717) is 35.7 Å². The van der Waals surface area contributed by atoms with Gasteiger partial charge in [0.2, 0.25) is 10.0 Å². The van der Waals surface area contributed by atoms with Gasteiger partial charge in [0.15, 0.2) is 0 Å². The van der Waals surface area contributed by atoms with Crippen molar-refractivity contribution in [2.45, 2.75) is 37.6 Å². The summed E-state index contributed by atoms with van der Waals surface area (Å²) < 4.78 is 27.5. The van der Waals surface area contributed by atoms with Crippen LogP contribution in [0.1, 0.15) is 40.4 Å². The number of aryl methyl sites for hydroxylation is 1. The van der Waals surface area contributed by atoms with Crippen LogP contribution in [0.4, 0.5) is 5.69 Å². The molecule has 6 heteroatoms. The second-order valence-electron chi connectivity index (χ2n) is 7.79. The van der Waals surface area contributed by atoms with Crippen LogP contribution in [0.15, 0.2) is 77.7 Å². The first-order valence-corrected chi connectivity index (χ1v) is 12.0. The summed E-state index contributed by atoms with van der Waals surface area (Å²) in [7, 11) is -3.55. The van der Waals surface area contributed by atoms with Crippen LogP contribution in [-0.2, 0) is 29.4 Å². The monoisotopic (exact) mass is 434 g/mol. The van der Waals surface area contributed by atoms with Crippen molar-refractivity contribution in [1.82, 2.24) is 4.31 Å². The second-order valence-corrected chi connectivity index (χ2v) is 9.72. The third-order valence-corrected chi connectivity index (χ3v) is 7.44. The van der Waals surface area contributed by atoms with Crippen LogP contribution in [-0.4, -0.2) is 25.2 Å². The molecule has 5 nitrogen and oxygen atoms in total. The van der Waals surface area contributed by atoms with E-state index in [1.807, 2.05) is 42.5 Å². The van der Waals surface area contributed by atoms with E-state index in [2.05, 4.69) is 12.2 Å². The normalized spacial score (nSPS) is 14.1. The molecular formula is C25H26N2O3S. The molecule has 3 aromatic rings. The molecule has 4 rings (SSSR count). The lowest BCUT2D eigenvalue weighted by molar-refractivity contribution is 0.102. The molecule has 0 spiro atoms. The third kappa shape index (κ3) is 4.70. The molecule has 0 aliphatic carbocycles. The Morgan fingerprint density at radius 2 is 1.71 bits per heavy atom. The van der Waals surface area contributed by atoms with Crippen molar-refractivity contribution in [2.75, 3.05) is 11.9 Å². The number of carbonyl (C=O) groups excluding carboxylic acids is 1. The van der Waals surface area contributed by atoms with Crippen molar-refractivity contribution in [2.24, 2.45) is 0 Å². The molecule has 1 amide bonds. The molecule has 0 bridgehead atoms. The van der Waals surface area contributed by atoms with Crippen molar-refractivity contribution < 1.29 is 13.2 Å². The highest BCUT2D eigenvalue weighted by atomic mass is 32.2. The average molecular weight is 435 g/mol. The minimum Gasteiger partial charge on any atom is -0.322 e. The number of sulfonamides is 1. The van der Waals surface area contributed by atoms with E-state index in [-0.39, 0.29) is 5.91 Å². The minimum atomic E-state index is -3.55. The molecule has 1 aliphatic rings. The number of benzene rings is 3. The highest BCUT2D eigenvalue weighted by molar-refractivity contribution is 7.89. The molecule has 0 saturated heterocycles. The predicted octanol–water partition coefficient (Wildman–Crippen LogP) is 4.64. The predicted molar refractivity (Wildman–Crippen MR) is 123 cm³/mol. The summed E-state index contributed by atoms with van der Waals surface area (Å²) in [5, 5.41) is 2.94. The van der Waals surface area contributed by atoms with Crippen LogP contribution in [0.3, 0.4) is 0 Å². The zero-order valence-corrected chi connectivity index (χ0v) is 18.4. The van der Waals surface area contributed by atoms with E-state index in [1.165, 1.54) is 9.87 Å². The quantitative estimate of drug-likeness (QED) is 0.615. The zero-order chi connectivity index (χ0) is 21.8. The Labute approximate surface area is 183 Å². The van der Waals surface area contributed by atoms with Crippen molar-refractivity contribution in [3.8, 4) is 0 Å². The second kappa shape index (κ2) is 9.04. The number of amides is 1. The summed E-state index contributed by atoms with van der Waals surface area (Å²) >= 11 is 0. The molecule has 0 radical (unpaired) electrons. The fraction of sp³-hybridized carbons (Fsp3) is 0.240. The standard InChI is InChI=1S/C25H26N2O3S/c1-2-6-19-9-11-21(12-10-19)25(28)26-23-14-13-20-15-16-27(18-22(20)17-23)31(29,30)24-7-4-3-5-8-24/h3-5,7-14,17H,2,6,15-16,18H2,1H3,(H,26,28). The van der Waals surface area contributed by atoms with Gasteiger partial charge in [-0.05, 0) is 65.9 Å². The molecule has 1 heterocycles. The van der Waals surface area contributed by atoms with Crippen molar-refractivity contribution in [3.63, 3.8) is 0 Å². The Bertz CT molecular complexity index is 1170. The molecule has 1 N–H and O–H groups in total. The molecule has 0 atom stereocenters. The van der Waals surface area contributed by atoms with Crippen molar-refractivity contribution in [1.29, 1.82) is 0 Å². The van der Waals surface area contributed by atoms with Crippen LogP contribution < -0.4 is 5.32 Å². The smallest absolute Gasteiger partial charge is 0.255 e. The third-order valence-electron chi connectivity index (χ3n) is 5.58. The first-order chi connectivity index (χ1) is 15.0. The largest absolute Gasteiger partial charge is 0.322 e. The molecule has 3 aromatic carbocycles. The summed E-state index contributed by atoms with van der Waals surface area (Å²) in [5.41, 5.74) is 4.52. The van der Waals surface area contributed by atoms with Gasteiger partial charge < -0.3 is 5.32 Å². The van der Waals surface area contributed by atoms with Crippen LogP contribution in [0.25, 0.3) is 0 Å². The topological polar surface area (TPSA) is 66.5 Å². The maximum atomic E-state index is 13.0. The maximum absolute atomic E-state index is 13.0. The van der Waals surface area contributed by atoms with E-state index in [9.17, 15) is 13.2 Å². The van der Waals surface area contributed by atoms with Crippen molar-refractivity contribution in [3.05, 3.63) is 95.1 Å². The summed E-state index contributed by atoms with van der Waals surface area (Å²) in [6, 6.07) is 21.9. The minimum absolute atomic E-state index is 0.174. The van der Waals surface area contributed by atoms with Crippen molar-refractivity contribution >= 4 is 21.6 Å². The SMILES string of the molecule is CCCc1ccc(C(=O)Nc2ccc3c(c2)CN(S(=O)(=O)c2ccccc2)CC3)cc1. The molecule has 160 valence electrons. The molecule has 1 aliphatic heterocycles. The number of rotatable bonds is 6. The van der Waals surface area contributed by atoms with Gasteiger partial charge >= 0.3 is 0 Å². The van der Waals surface area contributed by atoms with E-state index >= 15 is 0 Å². The number of anilines is 1. The lowest BCUT2D eigenvalue weighted by Gasteiger charge is -2.28. The molecule has 0 unspecified atom stereocenters. The summed E-state index contributed by atoms with van der Waals surface area (Å²) in [6.45, 7) is 2.87. The summed E-state index contributed by atoms with van der Waals surface area (Å²) in [5.74, 6) is -0.174. The van der Waals surface area contributed by atoms with E-state index in [0.717, 1.165) is 24.0 Å². The van der Waals surface area contributed by atoms with Gasteiger partial charge in [-0.1, -0.05) is 49.7 Å². The first kappa shape index (κ1) is 21.3. The van der Waals surface area contributed by atoms with Crippen LogP contribution in [0.5, 0.6) is 0 Å². The van der Waals surface area contributed by atoms with Gasteiger partial charge in [-0.3, -0.25) is 4.79 Å². The number of hydrogen-bond donors (Lipinski definition) is 1. The zero-order valence-electron chi connectivity index (χ0n) is 17.5. The van der Waals surface area contributed by atoms with Gasteiger partial charge in [0.05, 0.1) is 4.90 Å². The highest BCUT2D eigenvalue weighted by Gasteiger charge is 2.28. The number of nitrogens with one attached hydrogen (secondary N) is 1. The molecule has 0 saturated carbocycles. The maximum Gasteiger partial charge on any atom is 0.255 e. The Hall–Kier alpha value is -2.96. The Morgan fingerprint density at radius 1 is 0.968 bits per heavy atom. The molecule has 0 aromatic heterocycles. The number of fused-ring (bicyclic) bond motifs is 1. The van der Waals surface area contributed by atoms with Crippen LogP contribution in [0, 0.1) is 0 Å². The summed E-state index contributed by atoms with van der Waals surface area (Å²) in [6.07, 6.45) is 2.71. The van der Waals surface area contributed by atoms with Gasteiger partial charge in [0, 0.05) is 24.3 Å². The van der Waals surface area contributed by atoms with Gasteiger partial charge in [0.1, 0.15) is 0 Å². The number of carbonyl (C=O) groups is 1. The Balaban J connectivity index is 1.50. The number of hydrogen-bond acceptors (Lipinski definition) is 3. The van der Waals surface area contributed by atoms with Crippen LogP contribution >= 0.6 is 0 Å². The van der Waals surface area contributed by atoms with Gasteiger partial charge in [-0.2, -0.15) is 4.31 Å². The fourth-order valence-electron chi connectivity index (χ4n) is 3.87. The van der Waals surface area contributed by atoms with E-state index in [4.69, 9.17) is 0 Å². The molecular weight excluding hydrogens is 408 g/mol. The lowest BCUT2D eigenvalue weighted by Crippen LogP contribution is -2.36. The van der Waals surface area contributed by atoms with E-state index < -0.39 is 10.0 Å². The molecule has 31 heavy (non-hydrogen) atoms. The Morgan fingerprint density at radius 3 is 2.42 bits per heavy atom. The lowest BCUT2D eigenvalue weighted by atomic mass is 10.0. The first-order valence-electron chi connectivity index (χ1n) is 10.5. The average Bonchev–Trinajstić information content (AvgIpc) is 2.80. The van der Waals surface area contributed by atoms with Gasteiger partial charge in [0.25, 0.3) is 5.91 Å². The van der Waals surface area contributed by atoms with E-state index in [1.54, 1.807) is 30.3 Å². The molecule has 0 fully saturated rings. The number of nitrogens with zero attached hydrogens (tertiary/aromatic N) is 1. The summed E-state index contributed by atoms with van der Waals surface area (Å²) in [4.78, 5) is 12.9.